The first-order valence-corrected chi connectivity index (χ1v) is 2.87. The highest BCUT2D eigenvalue weighted by atomic mass is 15.3. The third-order valence-electron chi connectivity index (χ3n) is 1.44. The summed E-state index contributed by atoms with van der Waals surface area (Å²) in [5.41, 5.74) is 1.25. The first-order valence-electron chi connectivity index (χ1n) is 2.87. The molecule has 8 heavy (non-hydrogen) atoms. The van der Waals surface area contributed by atoms with Crippen LogP contribution in [0.1, 0.15) is 13.8 Å². The van der Waals surface area contributed by atoms with Crippen molar-refractivity contribution < 1.29 is 0 Å². The summed E-state index contributed by atoms with van der Waals surface area (Å²) in [4.78, 5) is 2.15. The summed E-state index contributed by atoms with van der Waals surface area (Å²) < 4.78 is 0. The molecule has 46 valence electrons. The summed E-state index contributed by atoms with van der Waals surface area (Å²) >= 11 is 0. The van der Waals surface area contributed by atoms with Crippen molar-refractivity contribution in [1.82, 2.24) is 10.2 Å². The molecule has 1 aliphatic rings. The van der Waals surface area contributed by atoms with Gasteiger partial charge in [-0.15, -0.1) is 0 Å². The molecular formula is C6H12N2. The lowest BCUT2D eigenvalue weighted by Crippen LogP contribution is -2.29. The van der Waals surface area contributed by atoms with Gasteiger partial charge in [0.1, 0.15) is 0 Å². The summed E-state index contributed by atoms with van der Waals surface area (Å²) in [6.07, 6.45) is 2.58. The maximum atomic E-state index is 3.25. The van der Waals surface area contributed by atoms with Crippen LogP contribution in [-0.4, -0.2) is 18.1 Å². The molecule has 0 fully saturated rings. The summed E-state index contributed by atoms with van der Waals surface area (Å²) in [6, 6.07) is 0. The summed E-state index contributed by atoms with van der Waals surface area (Å²) in [6.45, 7) is 4.20. The molecule has 1 N–H and O–H groups in total. The van der Waals surface area contributed by atoms with Crippen LogP contribution in [0.3, 0.4) is 0 Å². The van der Waals surface area contributed by atoms with Crippen molar-refractivity contribution in [2.75, 3.05) is 7.05 Å². The van der Waals surface area contributed by atoms with E-state index in [0.717, 1.165) is 0 Å². The zero-order valence-corrected chi connectivity index (χ0v) is 5.60. The number of allylic oxidation sites excluding steroid dienone is 1. The zero-order chi connectivity index (χ0) is 6.15. The van der Waals surface area contributed by atoms with E-state index in [1.54, 1.807) is 0 Å². The van der Waals surface area contributed by atoms with Crippen molar-refractivity contribution >= 4 is 0 Å². The van der Waals surface area contributed by atoms with Gasteiger partial charge in [0.15, 0.2) is 0 Å². The molecule has 0 radical (unpaired) electrons. The molecule has 1 aliphatic heterocycles. The second-order valence-electron chi connectivity index (χ2n) is 2.30. The number of nitrogens with zero attached hydrogens (tertiary/aromatic N) is 1. The molecule has 0 aromatic rings. The highest BCUT2D eigenvalue weighted by Gasteiger charge is 2.10. The van der Waals surface area contributed by atoms with Gasteiger partial charge in [-0.05, 0) is 13.8 Å². The lowest BCUT2D eigenvalue weighted by Gasteiger charge is -2.14. The van der Waals surface area contributed by atoms with Gasteiger partial charge >= 0.3 is 0 Å². The molecule has 0 spiro atoms. The average Bonchev–Trinajstić information content (AvgIpc) is 1.85. The highest BCUT2D eigenvalue weighted by molar-refractivity contribution is 5.02. The fourth-order valence-corrected chi connectivity index (χ4v) is 0.886. The van der Waals surface area contributed by atoms with Crippen LogP contribution in [0.4, 0.5) is 0 Å². The molecule has 1 rings (SSSR count). The Morgan fingerprint density at radius 2 is 2.38 bits per heavy atom. The van der Waals surface area contributed by atoms with Crippen molar-refractivity contribution in [3.05, 3.63) is 11.9 Å². The molecule has 0 saturated carbocycles. The monoisotopic (exact) mass is 112 g/mol. The average molecular weight is 112 g/mol. The van der Waals surface area contributed by atoms with Crippen LogP contribution in [0.5, 0.6) is 0 Å². The Kier molecular flexibility index (Phi) is 1.16. The van der Waals surface area contributed by atoms with Crippen molar-refractivity contribution in [1.29, 1.82) is 0 Å². The Morgan fingerprint density at radius 3 is 2.50 bits per heavy atom. The Labute approximate surface area is 50.2 Å². The highest BCUT2D eigenvalue weighted by Crippen LogP contribution is 2.05. The topological polar surface area (TPSA) is 15.3 Å². The minimum atomic E-state index is 0.481. The SMILES string of the molecule is CC1=CN(C)C(C)N1. The van der Waals surface area contributed by atoms with Gasteiger partial charge in [0.25, 0.3) is 0 Å². The van der Waals surface area contributed by atoms with E-state index in [9.17, 15) is 0 Å². The number of hydrogen-bond acceptors (Lipinski definition) is 2. The quantitative estimate of drug-likeness (QED) is 0.497. The number of hydrogen-bond donors (Lipinski definition) is 1. The van der Waals surface area contributed by atoms with Crippen LogP contribution in [0, 0.1) is 0 Å². The van der Waals surface area contributed by atoms with Gasteiger partial charge in [0.05, 0.1) is 6.17 Å². The molecule has 1 heterocycles. The molecule has 0 aliphatic carbocycles. The molecule has 1 unspecified atom stereocenters. The molecule has 0 saturated heterocycles. The molecule has 1 atom stereocenters. The minimum Gasteiger partial charge on any atom is -0.368 e. The van der Waals surface area contributed by atoms with Crippen molar-refractivity contribution in [2.24, 2.45) is 0 Å². The molecule has 0 bridgehead atoms. The maximum Gasteiger partial charge on any atom is 0.0951 e. The van der Waals surface area contributed by atoms with Crippen molar-refractivity contribution in [2.45, 2.75) is 20.0 Å². The summed E-state index contributed by atoms with van der Waals surface area (Å²) in [5, 5.41) is 3.25. The maximum absolute atomic E-state index is 3.25. The van der Waals surface area contributed by atoms with Crippen LogP contribution >= 0.6 is 0 Å². The smallest absolute Gasteiger partial charge is 0.0951 e. The Morgan fingerprint density at radius 1 is 1.75 bits per heavy atom. The predicted molar refractivity (Wildman–Crippen MR) is 34.1 cm³/mol. The van der Waals surface area contributed by atoms with Gasteiger partial charge in [-0.25, -0.2) is 0 Å². The van der Waals surface area contributed by atoms with E-state index in [-0.39, 0.29) is 0 Å². The van der Waals surface area contributed by atoms with Crippen LogP contribution in [-0.2, 0) is 0 Å². The van der Waals surface area contributed by atoms with Gasteiger partial charge in [-0.1, -0.05) is 0 Å². The van der Waals surface area contributed by atoms with Gasteiger partial charge in [0, 0.05) is 18.9 Å². The minimum absolute atomic E-state index is 0.481. The Balaban J connectivity index is 2.56. The molecule has 0 amide bonds. The fourth-order valence-electron chi connectivity index (χ4n) is 0.886. The van der Waals surface area contributed by atoms with Crippen LogP contribution in [0.25, 0.3) is 0 Å². The normalized spacial score (nSPS) is 27.6. The predicted octanol–water partition coefficient (Wildman–Crippen LogP) is 0.729. The Bertz CT molecular complexity index is 118. The Hall–Kier alpha value is -0.660. The fraction of sp³-hybridized carbons (Fsp3) is 0.667. The van der Waals surface area contributed by atoms with E-state index in [4.69, 9.17) is 0 Å². The van der Waals surface area contributed by atoms with Crippen molar-refractivity contribution in [3.63, 3.8) is 0 Å². The summed E-state index contributed by atoms with van der Waals surface area (Å²) in [5.74, 6) is 0. The van der Waals surface area contributed by atoms with E-state index in [2.05, 4.69) is 37.3 Å². The van der Waals surface area contributed by atoms with Crippen molar-refractivity contribution in [3.8, 4) is 0 Å². The zero-order valence-electron chi connectivity index (χ0n) is 5.60. The van der Waals surface area contributed by atoms with E-state index in [1.165, 1.54) is 5.70 Å². The van der Waals surface area contributed by atoms with Gasteiger partial charge in [-0.3, -0.25) is 0 Å². The van der Waals surface area contributed by atoms with E-state index in [0.29, 0.717) is 6.17 Å². The van der Waals surface area contributed by atoms with Crippen LogP contribution in [0.15, 0.2) is 11.9 Å². The second kappa shape index (κ2) is 1.69. The molecular weight excluding hydrogens is 100 g/mol. The largest absolute Gasteiger partial charge is 0.368 e. The number of nitrogens with one attached hydrogen (secondary N) is 1. The second-order valence-corrected chi connectivity index (χ2v) is 2.30. The third kappa shape index (κ3) is 0.782. The van der Waals surface area contributed by atoms with Gasteiger partial charge in [0.2, 0.25) is 0 Å². The van der Waals surface area contributed by atoms with E-state index < -0.39 is 0 Å². The first-order chi connectivity index (χ1) is 3.70. The molecule has 0 aromatic carbocycles. The van der Waals surface area contributed by atoms with E-state index in [1.807, 2.05) is 0 Å². The van der Waals surface area contributed by atoms with Gasteiger partial charge in [-0.2, -0.15) is 0 Å². The number of rotatable bonds is 0. The molecule has 0 aromatic heterocycles. The standard InChI is InChI=1S/C6H12N2/c1-5-4-8(3)6(2)7-5/h4,6-7H,1-3H3. The van der Waals surface area contributed by atoms with Crippen LogP contribution < -0.4 is 5.32 Å². The summed E-state index contributed by atoms with van der Waals surface area (Å²) in [7, 11) is 2.06. The lowest BCUT2D eigenvalue weighted by molar-refractivity contribution is 0.355. The van der Waals surface area contributed by atoms with E-state index >= 15 is 0 Å². The van der Waals surface area contributed by atoms with Gasteiger partial charge < -0.3 is 10.2 Å². The third-order valence-corrected chi connectivity index (χ3v) is 1.44. The molecule has 2 heteroatoms. The first kappa shape index (κ1) is 5.48. The molecule has 2 nitrogen and oxygen atoms in total. The lowest BCUT2D eigenvalue weighted by atomic mass is 10.5. The van der Waals surface area contributed by atoms with Crippen LogP contribution in [0.2, 0.25) is 0 Å².